The van der Waals surface area contributed by atoms with Gasteiger partial charge < -0.3 is 5.32 Å². The standard InChI is InChI=1S/C18H22BrN/c1-12(2)15-8-10-16(11-9-15)14(4)20-17-7-5-6-13(3)18(17)19/h5-12,14,20H,1-4H3. The number of hydrogen-bond donors (Lipinski definition) is 1. The van der Waals surface area contributed by atoms with Crippen LogP contribution >= 0.6 is 15.9 Å². The van der Waals surface area contributed by atoms with E-state index in [2.05, 4.69) is 91.4 Å². The Morgan fingerprint density at radius 2 is 1.50 bits per heavy atom. The summed E-state index contributed by atoms with van der Waals surface area (Å²) in [6, 6.07) is 15.5. The number of benzene rings is 2. The van der Waals surface area contributed by atoms with Crippen LogP contribution in [0.1, 0.15) is 49.4 Å². The predicted molar refractivity (Wildman–Crippen MR) is 91.4 cm³/mol. The second-order valence-corrected chi connectivity index (χ2v) is 6.42. The van der Waals surface area contributed by atoms with E-state index in [9.17, 15) is 0 Å². The number of rotatable bonds is 4. The van der Waals surface area contributed by atoms with E-state index < -0.39 is 0 Å². The third kappa shape index (κ3) is 3.43. The molecule has 20 heavy (non-hydrogen) atoms. The first-order valence-corrected chi connectivity index (χ1v) is 7.90. The topological polar surface area (TPSA) is 12.0 Å². The van der Waals surface area contributed by atoms with Gasteiger partial charge in [-0.05, 0) is 58.5 Å². The molecule has 0 aliphatic rings. The van der Waals surface area contributed by atoms with Crippen LogP contribution in [0, 0.1) is 6.92 Å². The van der Waals surface area contributed by atoms with Crippen LogP contribution in [-0.2, 0) is 0 Å². The SMILES string of the molecule is Cc1cccc(NC(C)c2ccc(C(C)C)cc2)c1Br. The zero-order valence-electron chi connectivity index (χ0n) is 12.6. The van der Waals surface area contributed by atoms with E-state index in [1.54, 1.807) is 0 Å². The zero-order valence-corrected chi connectivity index (χ0v) is 14.2. The molecular formula is C18H22BrN. The highest BCUT2D eigenvalue weighted by Crippen LogP contribution is 2.29. The second kappa shape index (κ2) is 6.45. The molecule has 2 heteroatoms. The summed E-state index contributed by atoms with van der Waals surface area (Å²) in [4.78, 5) is 0. The highest BCUT2D eigenvalue weighted by atomic mass is 79.9. The van der Waals surface area contributed by atoms with Crippen molar-refractivity contribution in [3.8, 4) is 0 Å². The number of aryl methyl sites for hydroxylation is 1. The van der Waals surface area contributed by atoms with Crippen molar-refractivity contribution in [2.45, 2.75) is 39.7 Å². The van der Waals surface area contributed by atoms with Crippen molar-refractivity contribution >= 4 is 21.6 Å². The number of hydrogen-bond acceptors (Lipinski definition) is 1. The van der Waals surface area contributed by atoms with Gasteiger partial charge in [0.15, 0.2) is 0 Å². The van der Waals surface area contributed by atoms with Crippen LogP contribution in [0.4, 0.5) is 5.69 Å². The molecule has 2 rings (SSSR count). The summed E-state index contributed by atoms with van der Waals surface area (Å²) in [5, 5.41) is 3.57. The Morgan fingerprint density at radius 1 is 0.900 bits per heavy atom. The lowest BCUT2D eigenvalue weighted by Crippen LogP contribution is -2.07. The van der Waals surface area contributed by atoms with Crippen LogP contribution in [-0.4, -0.2) is 0 Å². The molecule has 0 aliphatic heterocycles. The van der Waals surface area contributed by atoms with Gasteiger partial charge in [0.05, 0.1) is 0 Å². The molecular weight excluding hydrogens is 310 g/mol. The molecule has 0 amide bonds. The lowest BCUT2D eigenvalue weighted by Gasteiger charge is -2.18. The number of anilines is 1. The fourth-order valence-electron chi connectivity index (χ4n) is 2.25. The molecule has 0 heterocycles. The van der Waals surface area contributed by atoms with Crippen molar-refractivity contribution in [3.05, 3.63) is 63.6 Å². The molecule has 0 radical (unpaired) electrons. The van der Waals surface area contributed by atoms with Gasteiger partial charge in [-0.3, -0.25) is 0 Å². The van der Waals surface area contributed by atoms with Crippen molar-refractivity contribution in [1.29, 1.82) is 0 Å². The zero-order chi connectivity index (χ0) is 14.7. The first kappa shape index (κ1) is 15.1. The van der Waals surface area contributed by atoms with Crippen molar-refractivity contribution in [2.24, 2.45) is 0 Å². The summed E-state index contributed by atoms with van der Waals surface area (Å²) in [6.45, 7) is 8.75. The fraction of sp³-hybridized carbons (Fsp3) is 0.333. The monoisotopic (exact) mass is 331 g/mol. The second-order valence-electron chi connectivity index (χ2n) is 5.62. The lowest BCUT2D eigenvalue weighted by atomic mass is 9.99. The molecule has 2 aromatic carbocycles. The summed E-state index contributed by atoms with van der Waals surface area (Å²) in [5.74, 6) is 0.582. The number of halogens is 1. The highest BCUT2D eigenvalue weighted by molar-refractivity contribution is 9.10. The molecule has 0 fully saturated rings. The van der Waals surface area contributed by atoms with Gasteiger partial charge in [-0.15, -0.1) is 0 Å². The maximum atomic E-state index is 3.65. The molecule has 0 spiro atoms. The average molecular weight is 332 g/mol. The normalized spacial score (nSPS) is 12.5. The maximum absolute atomic E-state index is 3.65. The van der Waals surface area contributed by atoms with Crippen molar-refractivity contribution in [1.82, 2.24) is 0 Å². The molecule has 0 aliphatic carbocycles. The Bertz CT molecular complexity index is 572. The van der Waals surface area contributed by atoms with E-state index in [0.717, 1.165) is 10.2 Å². The van der Waals surface area contributed by atoms with E-state index >= 15 is 0 Å². The van der Waals surface area contributed by atoms with Gasteiger partial charge in [-0.1, -0.05) is 50.2 Å². The predicted octanol–water partition coefficient (Wildman–Crippen LogP) is 6.05. The van der Waals surface area contributed by atoms with Crippen LogP contribution < -0.4 is 5.32 Å². The van der Waals surface area contributed by atoms with Crippen LogP contribution in [0.5, 0.6) is 0 Å². The van der Waals surface area contributed by atoms with Gasteiger partial charge >= 0.3 is 0 Å². The van der Waals surface area contributed by atoms with Gasteiger partial charge in [0.2, 0.25) is 0 Å². The molecule has 1 unspecified atom stereocenters. The molecule has 106 valence electrons. The fourth-order valence-corrected chi connectivity index (χ4v) is 2.62. The quantitative estimate of drug-likeness (QED) is 0.718. The molecule has 2 aromatic rings. The summed E-state index contributed by atoms with van der Waals surface area (Å²) >= 11 is 3.65. The third-order valence-electron chi connectivity index (χ3n) is 3.67. The van der Waals surface area contributed by atoms with E-state index in [-0.39, 0.29) is 6.04 Å². The molecule has 1 nitrogen and oxygen atoms in total. The van der Waals surface area contributed by atoms with Gasteiger partial charge in [-0.2, -0.15) is 0 Å². The smallest absolute Gasteiger partial charge is 0.0492 e. The Labute approximate surface area is 130 Å². The Hall–Kier alpha value is -1.28. The molecule has 0 saturated carbocycles. The average Bonchev–Trinajstić information content (AvgIpc) is 2.44. The minimum Gasteiger partial charge on any atom is -0.378 e. The van der Waals surface area contributed by atoms with Gasteiger partial charge in [0.25, 0.3) is 0 Å². The minimum atomic E-state index is 0.286. The van der Waals surface area contributed by atoms with Crippen molar-refractivity contribution < 1.29 is 0 Å². The van der Waals surface area contributed by atoms with Crippen LogP contribution in [0.15, 0.2) is 46.9 Å². The van der Waals surface area contributed by atoms with Crippen LogP contribution in [0.25, 0.3) is 0 Å². The first-order valence-electron chi connectivity index (χ1n) is 7.10. The lowest BCUT2D eigenvalue weighted by molar-refractivity contribution is 0.851. The summed E-state index contributed by atoms with van der Waals surface area (Å²) < 4.78 is 1.14. The first-order chi connectivity index (χ1) is 9.49. The summed E-state index contributed by atoms with van der Waals surface area (Å²) in [7, 11) is 0. The van der Waals surface area contributed by atoms with E-state index in [1.807, 2.05) is 0 Å². The van der Waals surface area contributed by atoms with Crippen LogP contribution in [0.3, 0.4) is 0 Å². The summed E-state index contributed by atoms with van der Waals surface area (Å²) in [5.41, 5.74) is 5.09. The Morgan fingerprint density at radius 3 is 2.10 bits per heavy atom. The molecule has 1 N–H and O–H groups in total. The van der Waals surface area contributed by atoms with E-state index in [0.29, 0.717) is 5.92 Å². The van der Waals surface area contributed by atoms with E-state index in [4.69, 9.17) is 0 Å². The molecule has 0 saturated heterocycles. The highest BCUT2D eigenvalue weighted by Gasteiger charge is 2.09. The van der Waals surface area contributed by atoms with Gasteiger partial charge in [0.1, 0.15) is 0 Å². The molecule has 0 aromatic heterocycles. The van der Waals surface area contributed by atoms with E-state index in [1.165, 1.54) is 16.7 Å². The van der Waals surface area contributed by atoms with Gasteiger partial charge in [0, 0.05) is 16.2 Å². The van der Waals surface area contributed by atoms with Crippen molar-refractivity contribution in [3.63, 3.8) is 0 Å². The molecule has 0 bridgehead atoms. The number of nitrogens with one attached hydrogen (secondary N) is 1. The Kier molecular flexibility index (Phi) is 4.87. The minimum absolute atomic E-state index is 0.286. The van der Waals surface area contributed by atoms with Gasteiger partial charge in [-0.25, -0.2) is 0 Å². The largest absolute Gasteiger partial charge is 0.378 e. The third-order valence-corrected chi connectivity index (χ3v) is 4.72. The molecule has 1 atom stereocenters. The summed E-state index contributed by atoms with van der Waals surface area (Å²) in [6.07, 6.45) is 0. The van der Waals surface area contributed by atoms with Crippen LogP contribution in [0.2, 0.25) is 0 Å². The Balaban J connectivity index is 2.15. The van der Waals surface area contributed by atoms with Crippen molar-refractivity contribution in [2.75, 3.05) is 5.32 Å². The maximum Gasteiger partial charge on any atom is 0.0492 e.